The molecule has 0 radical (unpaired) electrons. The number of aromatic nitrogens is 1. The average molecular weight is 980 g/mol. The Labute approximate surface area is 406 Å². The number of carbonyl (C=O) groups excluding carboxylic acids is 1. The number of halogens is 5. The number of ether oxygens (including phenoxy) is 2. The third-order valence-corrected chi connectivity index (χ3v) is 16.9. The van der Waals surface area contributed by atoms with Crippen LogP contribution in [0, 0.1) is 17.3 Å². The maximum atomic E-state index is 14.5. The number of pyridine rings is 1. The Morgan fingerprint density at radius 3 is 2.37 bits per heavy atom. The molecule has 2 saturated carbocycles. The van der Waals surface area contributed by atoms with Crippen LogP contribution in [-0.4, -0.2) is 153 Å². The zero-order chi connectivity index (χ0) is 47.0. The molecule has 1 amide bonds. The number of nitrogens with one attached hydrogen (secondary N) is 6. The normalized spacial score (nSPS) is 32.0. The van der Waals surface area contributed by atoms with Gasteiger partial charge in [-0.15, -0.1) is 23.2 Å². The highest BCUT2D eigenvalue weighted by Crippen LogP contribution is 2.44. The monoisotopic (exact) mass is 979 g/mol. The molecule has 9 unspecified atom stereocenters. The van der Waals surface area contributed by atoms with Crippen LogP contribution < -0.4 is 31.9 Å². The van der Waals surface area contributed by atoms with E-state index in [1.165, 1.54) is 50.2 Å². The molecule has 9 atom stereocenters. The van der Waals surface area contributed by atoms with Crippen molar-refractivity contribution >= 4 is 40.6 Å². The fraction of sp³-hybridized carbons (Fsp3) is 0.755. The fourth-order valence-electron chi connectivity index (χ4n) is 11.9. The zero-order valence-electron chi connectivity index (χ0n) is 39.5. The molecule has 4 aliphatic heterocycles. The number of hydrogen-bond donors (Lipinski definition) is 6. The number of rotatable bonds is 13. The minimum absolute atomic E-state index is 0.0721. The van der Waals surface area contributed by atoms with Crippen molar-refractivity contribution in [3.8, 4) is 0 Å². The number of amides is 1. The van der Waals surface area contributed by atoms with Gasteiger partial charge in [-0.3, -0.25) is 25.2 Å². The molecule has 374 valence electrons. The Morgan fingerprint density at radius 2 is 1.67 bits per heavy atom. The fourth-order valence-corrected chi connectivity index (χ4v) is 12.9. The summed E-state index contributed by atoms with van der Waals surface area (Å²) in [6, 6.07) is 8.16. The van der Waals surface area contributed by atoms with E-state index in [1.807, 2.05) is 6.20 Å². The van der Waals surface area contributed by atoms with Gasteiger partial charge in [0.25, 0.3) is 0 Å². The SMILES string of the molecule is CCN1CCN(Cc2ccc(NC(=O)C3CC(OC)C(Cl)C(NC4NCNCC4C4CC(Nc5ccc(CN6CCOCC6)cn5)CC5(CCCCCC5)CCN4)C3Cl)cc2C(F)(F)F)CC1. The first-order valence-electron chi connectivity index (χ1n) is 25.1. The second-order valence-electron chi connectivity index (χ2n) is 20.2. The number of morpholine rings is 1. The molecule has 13 nitrogen and oxygen atoms in total. The second-order valence-corrected chi connectivity index (χ2v) is 21.2. The van der Waals surface area contributed by atoms with Gasteiger partial charge in [0.05, 0.1) is 47.7 Å². The van der Waals surface area contributed by atoms with E-state index in [0.29, 0.717) is 19.8 Å². The molecule has 1 spiro atoms. The first-order valence-corrected chi connectivity index (χ1v) is 26.0. The second kappa shape index (κ2) is 23.7. The molecule has 0 bridgehead atoms. The van der Waals surface area contributed by atoms with E-state index in [2.05, 4.69) is 65.7 Å². The van der Waals surface area contributed by atoms with Crippen molar-refractivity contribution in [2.45, 2.75) is 132 Å². The quantitative estimate of drug-likeness (QED) is 0.127. The van der Waals surface area contributed by atoms with Gasteiger partial charge in [-0.25, -0.2) is 4.98 Å². The molecular weight excluding hydrogens is 905 g/mol. The van der Waals surface area contributed by atoms with Gasteiger partial charge in [-0.2, -0.15) is 13.2 Å². The summed E-state index contributed by atoms with van der Waals surface area (Å²) in [5.41, 5.74) is 0.995. The topological polar surface area (TPSA) is 130 Å². The molecule has 6 aliphatic rings. The number of alkyl halides is 5. The number of carbonyl (C=O) groups is 1. The van der Waals surface area contributed by atoms with Crippen LogP contribution >= 0.6 is 23.2 Å². The minimum atomic E-state index is -4.59. The van der Waals surface area contributed by atoms with Gasteiger partial charge >= 0.3 is 6.18 Å². The zero-order valence-corrected chi connectivity index (χ0v) is 41.0. The van der Waals surface area contributed by atoms with Crippen molar-refractivity contribution in [2.24, 2.45) is 17.3 Å². The van der Waals surface area contributed by atoms with Gasteiger partial charge in [0.1, 0.15) is 5.82 Å². The lowest BCUT2D eigenvalue weighted by Crippen LogP contribution is -2.69. The van der Waals surface area contributed by atoms with E-state index in [1.54, 1.807) is 13.2 Å². The number of methoxy groups -OCH3 is 1. The summed E-state index contributed by atoms with van der Waals surface area (Å²) in [6.45, 7) is 12.8. The molecule has 67 heavy (non-hydrogen) atoms. The smallest absolute Gasteiger partial charge is 0.380 e. The lowest BCUT2D eigenvalue weighted by Gasteiger charge is -2.48. The summed E-state index contributed by atoms with van der Waals surface area (Å²) < 4.78 is 55.1. The lowest BCUT2D eigenvalue weighted by molar-refractivity contribution is -0.138. The Kier molecular flexibility index (Phi) is 18.1. The van der Waals surface area contributed by atoms with Crippen LogP contribution in [0.1, 0.15) is 87.8 Å². The van der Waals surface area contributed by atoms with Crippen molar-refractivity contribution < 1.29 is 27.4 Å². The van der Waals surface area contributed by atoms with Gasteiger partial charge in [-0.1, -0.05) is 44.7 Å². The van der Waals surface area contributed by atoms with Gasteiger partial charge in [0, 0.05) is 109 Å². The third kappa shape index (κ3) is 13.3. The summed E-state index contributed by atoms with van der Waals surface area (Å²) >= 11 is 14.5. The third-order valence-electron chi connectivity index (χ3n) is 15.8. The molecule has 6 fully saturated rings. The number of hydrogen-bond acceptors (Lipinski definition) is 12. The summed E-state index contributed by atoms with van der Waals surface area (Å²) in [5, 5.41) is 20.4. The van der Waals surface area contributed by atoms with Crippen LogP contribution in [0.25, 0.3) is 0 Å². The Balaban J connectivity index is 0.959. The first kappa shape index (κ1) is 51.0. The van der Waals surface area contributed by atoms with Crippen LogP contribution in [0.5, 0.6) is 0 Å². The highest BCUT2D eigenvalue weighted by atomic mass is 35.5. The summed E-state index contributed by atoms with van der Waals surface area (Å²) in [6.07, 6.45) is 7.61. The molecule has 5 heterocycles. The van der Waals surface area contributed by atoms with Gasteiger partial charge in [0.15, 0.2) is 0 Å². The van der Waals surface area contributed by atoms with Crippen molar-refractivity contribution in [1.29, 1.82) is 0 Å². The van der Waals surface area contributed by atoms with Crippen LogP contribution in [0.3, 0.4) is 0 Å². The van der Waals surface area contributed by atoms with E-state index in [0.717, 1.165) is 96.7 Å². The predicted molar refractivity (Wildman–Crippen MR) is 259 cm³/mol. The highest BCUT2D eigenvalue weighted by Gasteiger charge is 2.49. The molecule has 4 saturated heterocycles. The summed E-state index contributed by atoms with van der Waals surface area (Å²) in [7, 11) is 1.57. The minimum Gasteiger partial charge on any atom is -0.380 e. The van der Waals surface area contributed by atoms with E-state index < -0.39 is 46.5 Å². The number of likely N-dealkylation sites (N-methyl/N-ethyl adjacent to an activating group) is 1. The number of nitrogens with zero attached hydrogens (tertiary/aromatic N) is 4. The molecule has 1 aromatic heterocycles. The van der Waals surface area contributed by atoms with E-state index >= 15 is 0 Å². The number of benzene rings is 1. The van der Waals surface area contributed by atoms with Crippen molar-refractivity contribution in [1.82, 2.24) is 41.0 Å². The molecular formula is C49H75Cl2F3N10O3. The Hall–Kier alpha value is -2.35. The predicted octanol–water partition coefficient (Wildman–Crippen LogP) is 6.27. The molecule has 6 N–H and O–H groups in total. The van der Waals surface area contributed by atoms with Crippen molar-refractivity contribution in [2.75, 3.05) is 96.5 Å². The highest BCUT2D eigenvalue weighted by molar-refractivity contribution is 6.26. The Bertz CT molecular complexity index is 1870. The van der Waals surface area contributed by atoms with Gasteiger partial charge < -0.3 is 35.6 Å². The lowest BCUT2D eigenvalue weighted by atomic mass is 9.70. The average Bonchev–Trinajstić information content (AvgIpc) is 3.56. The van der Waals surface area contributed by atoms with Crippen LogP contribution in [-0.2, 0) is 33.5 Å². The van der Waals surface area contributed by atoms with Gasteiger partial charge in [-0.05, 0) is 86.4 Å². The largest absolute Gasteiger partial charge is 0.416 e. The molecule has 2 aliphatic carbocycles. The van der Waals surface area contributed by atoms with E-state index in [4.69, 9.17) is 37.7 Å². The van der Waals surface area contributed by atoms with Crippen molar-refractivity contribution in [3.63, 3.8) is 0 Å². The molecule has 18 heteroatoms. The number of piperazine rings is 1. The molecule has 2 aromatic rings. The van der Waals surface area contributed by atoms with Crippen LogP contribution in [0.2, 0.25) is 0 Å². The van der Waals surface area contributed by atoms with Crippen molar-refractivity contribution in [3.05, 3.63) is 53.2 Å². The van der Waals surface area contributed by atoms with E-state index in [-0.39, 0.29) is 53.8 Å². The summed E-state index contributed by atoms with van der Waals surface area (Å²) in [4.78, 5) is 25.9. The number of anilines is 2. The first-order chi connectivity index (χ1) is 32.4. The summed E-state index contributed by atoms with van der Waals surface area (Å²) in [5.74, 6) is -0.288. The maximum Gasteiger partial charge on any atom is 0.416 e. The standard InChI is InChI=1S/C49H75Cl2F3N10O3/c1-3-62-16-18-63(19-17-62)31-34-9-10-35(24-39(34)49(52,53)54)60-47(65)37-26-41(66-2)44(51)45(43(37)50)61-46-38(29-55-32-58-46)40-25-36(27-48(14-15-56-40)12-6-4-5-7-13-48)59-42-11-8-33(28-57-42)30-64-20-22-67-23-21-64/h8-11,24,28,36-38,40-41,43-46,55-56,58,61H,3-7,12-23,25-27,29-32H2,1-2H3,(H,57,59)(H,60,65). The van der Waals surface area contributed by atoms with Gasteiger partial charge in [0.2, 0.25) is 5.91 Å². The van der Waals surface area contributed by atoms with Crippen LogP contribution in [0.4, 0.5) is 24.7 Å². The Morgan fingerprint density at radius 1 is 0.925 bits per heavy atom. The van der Waals surface area contributed by atoms with E-state index in [9.17, 15) is 18.0 Å². The molecule has 1 aromatic carbocycles. The molecule has 8 rings (SSSR count). The van der Waals surface area contributed by atoms with Crippen LogP contribution in [0.15, 0.2) is 36.5 Å². The maximum absolute atomic E-state index is 14.5.